The van der Waals surface area contributed by atoms with Gasteiger partial charge in [0.2, 0.25) is 5.91 Å². The van der Waals surface area contributed by atoms with Crippen LogP contribution >= 0.6 is 11.6 Å². The third kappa shape index (κ3) is 3.62. The van der Waals surface area contributed by atoms with Crippen molar-refractivity contribution < 1.29 is 9.18 Å². The standard InChI is InChI=1S/C17H17ClFN3O/c1-12-3-2-4-13(7-12)10-21-5-6-22(11-16(21)23)17-15(19)8-14(18)9-20-17/h2-4,7-9H,5-6,10-11H2,1H3. The van der Waals surface area contributed by atoms with Crippen LogP contribution in [0.3, 0.4) is 0 Å². The van der Waals surface area contributed by atoms with Crippen molar-refractivity contribution in [1.82, 2.24) is 9.88 Å². The first-order chi connectivity index (χ1) is 11.0. The van der Waals surface area contributed by atoms with E-state index in [-0.39, 0.29) is 23.3 Å². The smallest absolute Gasteiger partial charge is 0.242 e. The number of hydrogen-bond donors (Lipinski definition) is 0. The number of nitrogens with zero attached hydrogens (tertiary/aromatic N) is 3. The maximum Gasteiger partial charge on any atom is 0.242 e. The predicted octanol–water partition coefficient (Wildman–Crippen LogP) is 3.03. The van der Waals surface area contributed by atoms with Crippen LogP contribution in [-0.2, 0) is 11.3 Å². The number of benzene rings is 1. The zero-order valence-electron chi connectivity index (χ0n) is 12.8. The van der Waals surface area contributed by atoms with Gasteiger partial charge in [-0.3, -0.25) is 4.79 Å². The summed E-state index contributed by atoms with van der Waals surface area (Å²) in [6, 6.07) is 9.30. The highest BCUT2D eigenvalue weighted by atomic mass is 35.5. The molecular weight excluding hydrogens is 317 g/mol. The van der Waals surface area contributed by atoms with Crippen molar-refractivity contribution in [3.05, 3.63) is 58.5 Å². The van der Waals surface area contributed by atoms with Gasteiger partial charge in [-0.2, -0.15) is 0 Å². The van der Waals surface area contributed by atoms with Gasteiger partial charge in [0, 0.05) is 25.8 Å². The summed E-state index contributed by atoms with van der Waals surface area (Å²) in [7, 11) is 0. The Morgan fingerprint density at radius 1 is 1.30 bits per heavy atom. The Morgan fingerprint density at radius 2 is 2.13 bits per heavy atom. The van der Waals surface area contributed by atoms with E-state index in [1.165, 1.54) is 17.8 Å². The Labute approximate surface area is 139 Å². The third-order valence-electron chi connectivity index (χ3n) is 3.86. The normalized spacial score (nSPS) is 15.2. The van der Waals surface area contributed by atoms with Crippen LogP contribution in [0.5, 0.6) is 0 Å². The average molecular weight is 334 g/mol. The number of carbonyl (C=O) groups is 1. The lowest BCUT2D eigenvalue weighted by molar-refractivity contribution is -0.131. The summed E-state index contributed by atoms with van der Waals surface area (Å²) < 4.78 is 13.9. The van der Waals surface area contributed by atoms with Crippen molar-refractivity contribution >= 4 is 23.3 Å². The highest BCUT2D eigenvalue weighted by Crippen LogP contribution is 2.21. The molecule has 1 aliphatic rings. The molecule has 0 N–H and O–H groups in total. The van der Waals surface area contributed by atoms with Gasteiger partial charge in [0.25, 0.3) is 0 Å². The molecule has 0 bridgehead atoms. The van der Waals surface area contributed by atoms with Crippen molar-refractivity contribution in [3.8, 4) is 0 Å². The minimum atomic E-state index is -0.502. The van der Waals surface area contributed by atoms with E-state index < -0.39 is 5.82 Å². The summed E-state index contributed by atoms with van der Waals surface area (Å²) in [6.45, 7) is 3.81. The first-order valence-corrected chi connectivity index (χ1v) is 7.80. The first kappa shape index (κ1) is 15.7. The highest BCUT2D eigenvalue weighted by Gasteiger charge is 2.26. The quantitative estimate of drug-likeness (QED) is 0.866. The maximum absolute atomic E-state index is 13.9. The average Bonchev–Trinajstić information content (AvgIpc) is 2.49. The molecule has 0 spiro atoms. The lowest BCUT2D eigenvalue weighted by Crippen LogP contribution is -2.50. The Hall–Kier alpha value is -2.14. The summed E-state index contributed by atoms with van der Waals surface area (Å²) >= 11 is 5.71. The van der Waals surface area contributed by atoms with Gasteiger partial charge in [0.1, 0.15) is 0 Å². The Kier molecular flexibility index (Phi) is 4.48. The molecule has 6 heteroatoms. The molecule has 4 nitrogen and oxygen atoms in total. The molecule has 0 aliphatic carbocycles. The summed E-state index contributed by atoms with van der Waals surface area (Å²) in [5.41, 5.74) is 2.27. The molecule has 2 aromatic rings. The summed E-state index contributed by atoms with van der Waals surface area (Å²) in [5.74, 6) is -0.357. The van der Waals surface area contributed by atoms with Crippen LogP contribution in [0, 0.1) is 12.7 Å². The fourth-order valence-corrected chi connectivity index (χ4v) is 2.87. The number of rotatable bonds is 3. The van der Waals surface area contributed by atoms with Crippen LogP contribution in [0.1, 0.15) is 11.1 Å². The fourth-order valence-electron chi connectivity index (χ4n) is 2.73. The highest BCUT2D eigenvalue weighted by molar-refractivity contribution is 6.30. The van der Waals surface area contributed by atoms with Gasteiger partial charge in [-0.05, 0) is 18.6 Å². The van der Waals surface area contributed by atoms with Crippen LogP contribution in [0.25, 0.3) is 0 Å². The van der Waals surface area contributed by atoms with Crippen molar-refractivity contribution in [2.24, 2.45) is 0 Å². The van der Waals surface area contributed by atoms with Gasteiger partial charge in [0.05, 0.1) is 11.6 Å². The zero-order valence-corrected chi connectivity index (χ0v) is 13.6. The van der Waals surface area contributed by atoms with Gasteiger partial charge in [-0.1, -0.05) is 41.4 Å². The van der Waals surface area contributed by atoms with Crippen LogP contribution < -0.4 is 4.90 Å². The third-order valence-corrected chi connectivity index (χ3v) is 4.07. The van der Waals surface area contributed by atoms with Gasteiger partial charge in [-0.15, -0.1) is 0 Å². The van der Waals surface area contributed by atoms with E-state index >= 15 is 0 Å². The minimum Gasteiger partial charge on any atom is -0.343 e. The number of aryl methyl sites for hydroxylation is 1. The molecule has 3 rings (SSSR count). The molecule has 2 heterocycles. The van der Waals surface area contributed by atoms with E-state index in [2.05, 4.69) is 11.1 Å². The van der Waals surface area contributed by atoms with Gasteiger partial charge in [0.15, 0.2) is 11.6 Å². The Bertz CT molecular complexity index is 738. The van der Waals surface area contributed by atoms with Crippen LogP contribution in [0.2, 0.25) is 5.02 Å². The number of halogens is 2. The molecular formula is C17H17ClFN3O. The van der Waals surface area contributed by atoms with Gasteiger partial charge < -0.3 is 9.80 Å². The van der Waals surface area contributed by atoms with Crippen LogP contribution in [0.15, 0.2) is 36.5 Å². The number of hydrogen-bond acceptors (Lipinski definition) is 3. The van der Waals surface area contributed by atoms with Crippen LogP contribution in [-0.4, -0.2) is 35.4 Å². The van der Waals surface area contributed by atoms with E-state index in [1.807, 2.05) is 25.1 Å². The number of amides is 1. The molecule has 120 valence electrons. The zero-order chi connectivity index (χ0) is 16.4. The number of anilines is 1. The minimum absolute atomic E-state index is 0.0334. The van der Waals surface area contributed by atoms with E-state index in [0.717, 1.165) is 5.56 Å². The molecule has 1 saturated heterocycles. The lowest BCUT2D eigenvalue weighted by Gasteiger charge is -2.35. The van der Waals surface area contributed by atoms with E-state index in [4.69, 9.17) is 11.6 Å². The van der Waals surface area contributed by atoms with E-state index in [0.29, 0.717) is 19.6 Å². The molecule has 0 atom stereocenters. The first-order valence-electron chi connectivity index (χ1n) is 7.42. The molecule has 0 radical (unpaired) electrons. The molecule has 0 unspecified atom stereocenters. The topological polar surface area (TPSA) is 36.4 Å². The van der Waals surface area contributed by atoms with E-state index in [1.54, 1.807) is 9.80 Å². The Balaban J connectivity index is 1.69. The molecule has 1 amide bonds. The summed E-state index contributed by atoms with van der Waals surface area (Å²) in [4.78, 5) is 19.8. The maximum atomic E-state index is 13.9. The predicted molar refractivity (Wildman–Crippen MR) is 88.0 cm³/mol. The SMILES string of the molecule is Cc1cccc(CN2CCN(c3ncc(Cl)cc3F)CC2=O)c1. The van der Waals surface area contributed by atoms with Gasteiger partial charge >= 0.3 is 0 Å². The summed E-state index contributed by atoms with van der Waals surface area (Å²) in [5, 5.41) is 0.246. The van der Waals surface area contributed by atoms with Crippen molar-refractivity contribution in [2.45, 2.75) is 13.5 Å². The second kappa shape index (κ2) is 6.54. The number of pyridine rings is 1. The molecule has 0 saturated carbocycles. The number of piperazine rings is 1. The van der Waals surface area contributed by atoms with Crippen molar-refractivity contribution in [2.75, 3.05) is 24.5 Å². The molecule has 1 aliphatic heterocycles. The molecule has 23 heavy (non-hydrogen) atoms. The van der Waals surface area contributed by atoms with Crippen LogP contribution in [0.4, 0.5) is 10.2 Å². The molecule has 1 fully saturated rings. The fraction of sp³-hybridized carbons (Fsp3) is 0.294. The van der Waals surface area contributed by atoms with Crippen molar-refractivity contribution in [1.29, 1.82) is 0 Å². The Morgan fingerprint density at radius 3 is 2.83 bits per heavy atom. The monoisotopic (exact) mass is 333 g/mol. The lowest BCUT2D eigenvalue weighted by atomic mass is 10.1. The molecule has 1 aromatic heterocycles. The number of carbonyl (C=O) groups excluding carboxylic acids is 1. The molecule has 1 aromatic carbocycles. The summed E-state index contributed by atoms with van der Waals surface area (Å²) in [6.07, 6.45) is 1.39. The van der Waals surface area contributed by atoms with E-state index in [9.17, 15) is 9.18 Å². The largest absolute Gasteiger partial charge is 0.343 e. The second-order valence-corrected chi connectivity index (χ2v) is 6.12. The van der Waals surface area contributed by atoms with Gasteiger partial charge in [-0.25, -0.2) is 9.37 Å². The van der Waals surface area contributed by atoms with Crippen molar-refractivity contribution in [3.63, 3.8) is 0 Å². The number of aromatic nitrogens is 1. The second-order valence-electron chi connectivity index (χ2n) is 5.68.